The van der Waals surface area contributed by atoms with Crippen molar-refractivity contribution in [3.05, 3.63) is 132 Å². The minimum Gasteiger partial charge on any atom is -0.489 e. The van der Waals surface area contributed by atoms with E-state index < -0.39 is 0 Å². The lowest BCUT2D eigenvalue weighted by Gasteiger charge is -2.23. The van der Waals surface area contributed by atoms with Gasteiger partial charge in [-0.3, -0.25) is 9.48 Å². The van der Waals surface area contributed by atoms with Gasteiger partial charge < -0.3 is 19.7 Å². The second-order valence-electron chi connectivity index (χ2n) is 9.42. The minimum absolute atomic E-state index is 0.157. The van der Waals surface area contributed by atoms with Gasteiger partial charge in [0.15, 0.2) is 0 Å². The van der Waals surface area contributed by atoms with Crippen molar-refractivity contribution in [3.63, 3.8) is 0 Å². The predicted octanol–water partition coefficient (Wildman–Crippen LogP) is 6.48. The van der Waals surface area contributed by atoms with Gasteiger partial charge in [0.1, 0.15) is 30.5 Å². The van der Waals surface area contributed by atoms with Gasteiger partial charge >= 0.3 is 0 Å². The SMILES string of the molecule is Cn1ncc2c1Nc1ccccc1N(C(=O)c1cc(OCc3ccccc3)cc(OCc3ccccc3)c1)C2. The molecule has 0 saturated heterocycles. The van der Waals surface area contributed by atoms with Crippen LogP contribution in [0.15, 0.2) is 109 Å². The molecule has 0 fully saturated rings. The number of benzene rings is 4. The Bertz CT molecular complexity index is 1540. The van der Waals surface area contributed by atoms with E-state index in [0.29, 0.717) is 36.8 Å². The second-order valence-corrected chi connectivity index (χ2v) is 9.42. The van der Waals surface area contributed by atoms with Gasteiger partial charge in [0.05, 0.1) is 24.1 Å². The first-order valence-corrected chi connectivity index (χ1v) is 12.8. The first-order chi connectivity index (χ1) is 19.1. The first-order valence-electron chi connectivity index (χ1n) is 12.8. The monoisotopic (exact) mass is 516 g/mol. The van der Waals surface area contributed by atoms with E-state index in [1.165, 1.54) is 0 Å². The van der Waals surface area contributed by atoms with E-state index in [2.05, 4.69) is 10.4 Å². The summed E-state index contributed by atoms with van der Waals surface area (Å²) in [5.74, 6) is 1.84. The smallest absolute Gasteiger partial charge is 0.258 e. The third-order valence-corrected chi connectivity index (χ3v) is 6.66. The molecule has 1 aliphatic heterocycles. The van der Waals surface area contributed by atoms with Gasteiger partial charge in [-0.05, 0) is 35.4 Å². The van der Waals surface area contributed by atoms with Gasteiger partial charge in [0, 0.05) is 24.2 Å². The minimum atomic E-state index is -0.157. The number of nitrogens with zero attached hydrogens (tertiary/aromatic N) is 3. The molecule has 39 heavy (non-hydrogen) atoms. The van der Waals surface area contributed by atoms with E-state index >= 15 is 0 Å². The number of rotatable bonds is 7. The number of nitrogens with one attached hydrogen (secondary N) is 1. The van der Waals surface area contributed by atoms with Crippen molar-refractivity contribution in [2.45, 2.75) is 19.8 Å². The fourth-order valence-electron chi connectivity index (χ4n) is 4.64. The molecule has 0 unspecified atom stereocenters. The Morgan fingerprint density at radius 3 is 2.05 bits per heavy atom. The highest BCUT2D eigenvalue weighted by Gasteiger charge is 2.27. The fraction of sp³-hybridized carbons (Fsp3) is 0.125. The number of carbonyl (C=O) groups is 1. The van der Waals surface area contributed by atoms with Gasteiger partial charge in [-0.25, -0.2) is 0 Å². The van der Waals surface area contributed by atoms with Crippen LogP contribution in [-0.2, 0) is 26.8 Å². The number of aryl methyl sites for hydroxylation is 1. The summed E-state index contributed by atoms with van der Waals surface area (Å²) in [5, 5.41) is 7.83. The maximum Gasteiger partial charge on any atom is 0.258 e. The molecule has 1 aromatic heterocycles. The number of fused-ring (bicyclic) bond motifs is 2. The third kappa shape index (κ3) is 5.33. The van der Waals surface area contributed by atoms with Crippen LogP contribution in [0.25, 0.3) is 0 Å². The molecule has 6 rings (SSSR count). The predicted molar refractivity (Wildman–Crippen MR) is 151 cm³/mol. The van der Waals surface area contributed by atoms with Crippen LogP contribution in [0.3, 0.4) is 0 Å². The average Bonchev–Trinajstić information content (AvgIpc) is 3.23. The molecule has 1 N–H and O–H groups in total. The Labute approximate surface area is 227 Å². The molecule has 194 valence electrons. The molecule has 0 saturated carbocycles. The largest absolute Gasteiger partial charge is 0.489 e. The van der Waals surface area contributed by atoms with Gasteiger partial charge in [-0.2, -0.15) is 5.10 Å². The number of ether oxygens (including phenoxy) is 2. The molecule has 0 spiro atoms. The Morgan fingerprint density at radius 1 is 0.821 bits per heavy atom. The van der Waals surface area contributed by atoms with Gasteiger partial charge in [-0.1, -0.05) is 72.8 Å². The van der Waals surface area contributed by atoms with Crippen molar-refractivity contribution in [2.24, 2.45) is 7.05 Å². The number of hydrogen-bond donors (Lipinski definition) is 1. The molecule has 4 aromatic carbocycles. The van der Waals surface area contributed by atoms with Crippen molar-refractivity contribution in [3.8, 4) is 11.5 Å². The number of amides is 1. The summed E-state index contributed by atoms with van der Waals surface area (Å²) in [6.07, 6.45) is 1.79. The van der Waals surface area contributed by atoms with E-state index in [4.69, 9.17) is 9.47 Å². The van der Waals surface area contributed by atoms with Gasteiger partial charge in [0.2, 0.25) is 0 Å². The lowest BCUT2D eigenvalue weighted by Crippen LogP contribution is -2.30. The summed E-state index contributed by atoms with van der Waals surface area (Å²) in [4.78, 5) is 15.9. The summed E-state index contributed by atoms with van der Waals surface area (Å²) >= 11 is 0. The standard InChI is InChI=1S/C32H28N4O3/c1-35-31-26(19-33-35)20-36(30-15-9-8-14-29(30)34-31)32(37)25-16-27(38-21-23-10-4-2-5-11-23)18-28(17-25)39-22-24-12-6-3-7-13-24/h2-19,34H,20-22H2,1H3. The molecule has 1 aliphatic rings. The lowest BCUT2D eigenvalue weighted by molar-refractivity contribution is 0.0984. The maximum atomic E-state index is 14.1. The van der Waals surface area contributed by atoms with Crippen LogP contribution in [0.2, 0.25) is 0 Å². The molecular formula is C32H28N4O3. The number of aromatic nitrogens is 2. The Kier molecular flexibility index (Phi) is 6.70. The maximum absolute atomic E-state index is 14.1. The van der Waals surface area contributed by atoms with E-state index in [-0.39, 0.29) is 5.91 Å². The Hall–Kier alpha value is -5.04. The number of anilines is 3. The third-order valence-electron chi connectivity index (χ3n) is 6.66. The summed E-state index contributed by atoms with van der Waals surface area (Å²) in [5.41, 5.74) is 5.12. The van der Waals surface area contributed by atoms with Crippen LogP contribution >= 0.6 is 0 Å². The zero-order valence-corrected chi connectivity index (χ0v) is 21.6. The lowest BCUT2D eigenvalue weighted by atomic mass is 10.1. The number of para-hydroxylation sites is 2. The topological polar surface area (TPSA) is 68.6 Å². The van der Waals surface area contributed by atoms with Crippen LogP contribution in [0, 0.1) is 0 Å². The van der Waals surface area contributed by atoms with E-state index in [0.717, 1.165) is 33.9 Å². The fourth-order valence-corrected chi connectivity index (χ4v) is 4.64. The highest BCUT2D eigenvalue weighted by atomic mass is 16.5. The molecule has 0 radical (unpaired) electrons. The molecule has 7 nitrogen and oxygen atoms in total. The van der Waals surface area contributed by atoms with Crippen molar-refractivity contribution in [2.75, 3.05) is 10.2 Å². The van der Waals surface area contributed by atoms with Crippen LogP contribution in [0.4, 0.5) is 17.2 Å². The van der Waals surface area contributed by atoms with Crippen molar-refractivity contribution >= 4 is 23.1 Å². The highest BCUT2D eigenvalue weighted by molar-refractivity contribution is 6.08. The normalized spacial score (nSPS) is 12.1. The number of hydrogen-bond acceptors (Lipinski definition) is 5. The summed E-state index contributed by atoms with van der Waals surface area (Å²) in [6.45, 7) is 1.14. The molecule has 1 amide bonds. The van der Waals surface area contributed by atoms with Crippen molar-refractivity contribution in [1.82, 2.24) is 9.78 Å². The average molecular weight is 517 g/mol. The second kappa shape index (κ2) is 10.8. The first kappa shape index (κ1) is 24.3. The van der Waals surface area contributed by atoms with E-state index in [1.54, 1.807) is 27.9 Å². The number of carbonyl (C=O) groups excluding carboxylic acids is 1. The molecule has 0 bridgehead atoms. The van der Waals surface area contributed by atoms with Crippen molar-refractivity contribution < 1.29 is 14.3 Å². The Balaban J connectivity index is 1.34. The highest BCUT2D eigenvalue weighted by Crippen LogP contribution is 2.37. The van der Waals surface area contributed by atoms with E-state index in [9.17, 15) is 4.79 Å². The quantitative estimate of drug-likeness (QED) is 0.268. The van der Waals surface area contributed by atoms with E-state index in [1.807, 2.05) is 98.0 Å². The molecule has 0 aliphatic carbocycles. The summed E-state index contributed by atoms with van der Waals surface area (Å²) < 4.78 is 14.1. The Morgan fingerprint density at radius 2 is 1.41 bits per heavy atom. The molecule has 2 heterocycles. The molecular weight excluding hydrogens is 488 g/mol. The van der Waals surface area contributed by atoms with Crippen LogP contribution in [-0.4, -0.2) is 15.7 Å². The zero-order valence-electron chi connectivity index (χ0n) is 21.6. The van der Waals surface area contributed by atoms with Crippen LogP contribution < -0.4 is 19.7 Å². The van der Waals surface area contributed by atoms with Gasteiger partial charge in [-0.15, -0.1) is 0 Å². The molecule has 0 atom stereocenters. The summed E-state index contributed by atoms with van der Waals surface area (Å²) in [7, 11) is 1.88. The molecule has 7 heteroatoms. The van der Waals surface area contributed by atoms with Crippen molar-refractivity contribution in [1.29, 1.82) is 0 Å². The molecule has 5 aromatic rings. The van der Waals surface area contributed by atoms with Crippen LogP contribution in [0.5, 0.6) is 11.5 Å². The zero-order chi connectivity index (χ0) is 26.6. The summed E-state index contributed by atoms with van der Waals surface area (Å²) in [6, 6.07) is 33.1. The van der Waals surface area contributed by atoms with Gasteiger partial charge in [0.25, 0.3) is 5.91 Å². The van der Waals surface area contributed by atoms with Crippen LogP contribution in [0.1, 0.15) is 27.0 Å².